The Labute approximate surface area is 328 Å². The number of rotatable bonds is 11. The number of aliphatic carboxylic acids is 2. The smallest absolute Gasteiger partial charge is 0.326 e. The summed E-state index contributed by atoms with van der Waals surface area (Å²) in [4.78, 5) is 52.3. The molecule has 9 nitrogen and oxygen atoms in total. The number of ether oxygens (including phenoxy) is 2. The molecule has 3 N–H and O–H groups in total. The van der Waals surface area contributed by atoms with E-state index in [4.69, 9.17) is 9.47 Å². The third-order valence-electron chi connectivity index (χ3n) is 17.1. The van der Waals surface area contributed by atoms with Gasteiger partial charge in [0.2, 0.25) is 5.91 Å². The van der Waals surface area contributed by atoms with Crippen LogP contribution in [0.3, 0.4) is 0 Å². The largest absolute Gasteiger partial charge is 0.497 e. The molecule has 5 fully saturated rings. The fraction of sp³-hybridized carbons (Fsp3) is 0.739. The quantitative estimate of drug-likeness (QED) is 0.150. The van der Waals surface area contributed by atoms with Crippen LogP contribution in [-0.4, -0.2) is 53.3 Å². The molecule has 9 heteroatoms. The number of nitrogens with one attached hydrogen (secondary N) is 1. The first-order chi connectivity index (χ1) is 25.6. The Balaban J connectivity index is 1.25. The number of carboxylic acids is 2. The number of carbonyl (C=O) groups excluding carboxylic acids is 2. The standard InChI is InChI=1S/C46H67NO8/c1-27(2)30-17-22-46(39(51)47-32(38(49)50)25-28-11-13-29(54-10)14-12-28)24-23-44(8)31(37(30)46)15-16-34-43(7)20-19-35(55-36(48)26-41(3,4)40(52)53)42(5,6)33(43)18-21-45(34,44)9/h11-14,30-35,37H,1,15-26H2,2-10H3,(H,47,51)(H,49,50)(H,52,53)/t30-,31+,32-,33-,34+,35-,37+,43-,44+,45+,46-/m0/s1. The second-order valence-electron chi connectivity index (χ2n) is 20.5. The molecule has 55 heavy (non-hydrogen) atoms. The highest BCUT2D eigenvalue weighted by molar-refractivity contribution is 5.88. The number of allylic oxidation sites excluding steroid dienone is 1. The highest BCUT2D eigenvalue weighted by atomic mass is 16.5. The highest BCUT2D eigenvalue weighted by Gasteiger charge is 2.72. The second-order valence-corrected chi connectivity index (χ2v) is 20.5. The van der Waals surface area contributed by atoms with Crippen molar-refractivity contribution in [3.05, 3.63) is 42.0 Å². The number of hydrogen-bond donors (Lipinski definition) is 3. The number of fused-ring (bicyclic) bond motifs is 7. The first-order valence-electron chi connectivity index (χ1n) is 20.8. The number of esters is 1. The lowest BCUT2D eigenvalue weighted by atomic mass is 9.32. The summed E-state index contributed by atoms with van der Waals surface area (Å²) in [5.41, 5.74) is -0.0567. The maximum absolute atomic E-state index is 14.8. The molecule has 1 amide bonds. The molecule has 0 aromatic heterocycles. The number of amides is 1. The van der Waals surface area contributed by atoms with Gasteiger partial charge in [-0.05, 0) is 149 Å². The molecular weight excluding hydrogens is 695 g/mol. The first kappa shape index (κ1) is 41.3. The van der Waals surface area contributed by atoms with Crippen LogP contribution in [0.25, 0.3) is 0 Å². The fourth-order valence-corrected chi connectivity index (χ4v) is 13.9. The SMILES string of the molecule is C=C(C)[C@@H]1CC[C@]2(C(=O)N[C@@H](Cc3ccc(OC)cc3)C(=O)O)CC[C@]3(C)[C@H](CC[C@@H]4[C@@]5(C)CC[C@H](OC(=O)CC(C)(C)C(=O)O)C(C)(C)[C@@H]5CC[C@]43C)[C@@H]12. The minimum atomic E-state index is -1.18. The van der Waals surface area contributed by atoms with Gasteiger partial charge in [-0.15, -0.1) is 0 Å². The van der Waals surface area contributed by atoms with Gasteiger partial charge in [-0.1, -0.05) is 58.9 Å². The van der Waals surface area contributed by atoms with Gasteiger partial charge in [0.15, 0.2) is 0 Å². The van der Waals surface area contributed by atoms with Crippen LogP contribution in [0.1, 0.15) is 132 Å². The topological polar surface area (TPSA) is 139 Å². The van der Waals surface area contributed by atoms with E-state index in [1.54, 1.807) is 21.0 Å². The minimum absolute atomic E-state index is 0.0124. The maximum atomic E-state index is 14.8. The summed E-state index contributed by atoms with van der Waals surface area (Å²) < 4.78 is 11.4. The Morgan fingerprint density at radius 3 is 2.15 bits per heavy atom. The van der Waals surface area contributed by atoms with Crippen molar-refractivity contribution >= 4 is 23.8 Å². The van der Waals surface area contributed by atoms with Crippen molar-refractivity contribution in [1.29, 1.82) is 0 Å². The van der Waals surface area contributed by atoms with Crippen molar-refractivity contribution in [1.82, 2.24) is 5.32 Å². The Morgan fingerprint density at radius 2 is 1.55 bits per heavy atom. The van der Waals surface area contributed by atoms with Gasteiger partial charge in [-0.2, -0.15) is 0 Å². The third kappa shape index (κ3) is 6.61. The van der Waals surface area contributed by atoms with Crippen LogP contribution in [0.2, 0.25) is 0 Å². The van der Waals surface area contributed by atoms with Crippen LogP contribution in [0.15, 0.2) is 36.4 Å². The van der Waals surface area contributed by atoms with Gasteiger partial charge < -0.3 is 25.0 Å². The van der Waals surface area contributed by atoms with Crippen LogP contribution < -0.4 is 10.1 Å². The molecule has 0 spiro atoms. The lowest BCUT2D eigenvalue weighted by molar-refractivity contribution is -0.249. The average Bonchev–Trinajstić information content (AvgIpc) is 3.51. The zero-order valence-electron chi connectivity index (χ0n) is 34.9. The summed E-state index contributed by atoms with van der Waals surface area (Å²) >= 11 is 0. The molecule has 1 aromatic rings. The molecule has 0 saturated heterocycles. The van der Waals surface area contributed by atoms with Crippen molar-refractivity contribution in [3.63, 3.8) is 0 Å². The number of carboxylic acid groups (broad SMARTS) is 2. The van der Waals surface area contributed by atoms with Gasteiger partial charge in [0.05, 0.1) is 24.4 Å². The average molecular weight is 762 g/mol. The molecule has 0 radical (unpaired) electrons. The van der Waals surface area contributed by atoms with Crippen molar-refractivity contribution < 1.29 is 38.9 Å². The molecule has 5 aliphatic rings. The van der Waals surface area contributed by atoms with E-state index in [0.717, 1.165) is 75.3 Å². The van der Waals surface area contributed by atoms with Crippen molar-refractivity contribution in [2.75, 3.05) is 7.11 Å². The van der Waals surface area contributed by atoms with Crippen LogP contribution in [0, 0.1) is 62.1 Å². The zero-order valence-corrected chi connectivity index (χ0v) is 34.9. The fourth-order valence-electron chi connectivity index (χ4n) is 13.9. The molecule has 5 aliphatic carbocycles. The normalized spacial score (nSPS) is 38.2. The van der Waals surface area contributed by atoms with E-state index in [0.29, 0.717) is 23.5 Å². The van der Waals surface area contributed by atoms with Crippen LogP contribution >= 0.6 is 0 Å². The Kier molecular flexibility index (Phi) is 10.7. The maximum Gasteiger partial charge on any atom is 0.326 e. The number of hydrogen-bond acceptors (Lipinski definition) is 6. The molecule has 5 saturated carbocycles. The Morgan fingerprint density at radius 1 is 0.873 bits per heavy atom. The van der Waals surface area contributed by atoms with Gasteiger partial charge in [0, 0.05) is 11.8 Å². The molecular formula is C46H67NO8. The van der Waals surface area contributed by atoms with Gasteiger partial charge in [0.25, 0.3) is 0 Å². The van der Waals surface area contributed by atoms with E-state index in [1.165, 1.54) is 0 Å². The van der Waals surface area contributed by atoms with E-state index < -0.39 is 34.8 Å². The molecule has 0 bridgehead atoms. The monoisotopic (exact) mass is 761 g/mol. The molecule has 6 rings (SSSR count). The molecule has 304 valence electrons. The van der Waals surface area contributed by atoms with Crippen LogP contribution in [-0.2, 0) is 30.3 Å². The van der Waals surface area contributed by atoms with Gasteiger partial charge in [-0.3, -0.25) is 14.4 Å². The lowest BCUT2D eigenvalue weighted by Gasteiger charge is -2.72. The van der Waals surface area contributed by atoms with E-state index in [9.17, 15) is 29.4 Å². The summed E-state index contributed by atoms with van der Waals surface area (Å²) in [6, 6.07) is 6.33. The Hall–Kier alpha value is -3.36. The zero-order chi connectivity index (χ0) is 40.5. The van der Waals surface area contributed by atoms with Gasteiger partial charge >= 0.3 is 17.9 Å². The number of benzene rings is 1. The molecule has 0 heterocycles. The van der Waals surface area contributed by atoms with E-state index in [-0.39, 0.29) is 58.3 Å². The van der Waals surface area contributed by atoms with E-state index in [2.05, 4.69) is 53.4 Å². The summed E-state index contributed by atoms with van der Waals surface area (Å²) in [7, 11) is 1.60. The van der Waals surface area contributed by atoms with Crippen molar-refractivity contribution in [2.24, 2.45) is 62.1 Å². The molecule has 0 unspecified atom stereocenters. The van der Waals surface area contributed by atoms with E-state index in [1.807, 2.05) is 24.3 Å². The third-order valence-corrected chi connectivity index (χ3v) is 17.1. The summed E-state index contributed by atoms with van der Waals surface area (Å²) in [5, 5.41) is 23.0. The predicted octanol–water partition coefficient (Wildman–Crippen LogP) is 8.88. The van der Waals surface area contributed by atoms with E-state index >= 15 is 0 Å². The molecule has 1 aromatic carbocycles. The summed E-state index contributed by atoms with van der Waals surface area (Å²) in [6.07, 6.45) is 9.02. The lowest BCUT2D eigenvalue weighted by Crippen LogP contribution is -2.67. The minimum Gasteiger partial charge on any atom is -0.497 e. The first-order valence-corrected chi connectivity index (χ1v) is 20.8. The van der Waals surface area contributed by atoms with Gasteiger partial charge in [-0.25, -0.2) is 4.79 Å². The summed E-state index contributed by atoms with van der Waals surface area (Å²) in [6.45, 7) is 21.8. The van der Waals surface area contributed by atoms with Crippen LogP contribution in [0.4, 0.5) is 0 Å². The summed E-state index contributed by atoms with van der Waals surface area (Å²) in [5.74, 6) is -0.431. The van der Waals surface area contributed by atoms with Crippen molar-refractivity contribution in [3.8, 4) is 5.75 Å². The van der Waals surface area contributed by atoms with Crippen LogP contribution in [0.5, 0.6) is 5.75 Å². The highest BCUT2D eigenvalue weighted by Crippen LogP contribution is 2.77. The molecule has 0 aliphatic heterocycles. The van der Waals surface area contributed by atoms with Crippen molar-refractivity contribution in [2.45, 2.75) is 145 Å². The number of methoxy groups -OCH3 is 1. The van der Waals surface area contributed by atoms with Gasteiger partial charge in [0.1, 0.15) is 17.9 Å². The number of carbonyl (C=O) groups is 4. The Bertz CT molecular complexity index is 1700. The predicted molar refractivity (Wildman–Crippen MR) is 211 cm³/mol. The molecule has 11 atom stereocenters. The second kappa shape index (κ2) is 14.2.